The average Bonchev–Trinajstić information content (AvgIpc) is 2.91. The summed E-state index contributed by atoms with van der Waals surface area (Å²) in [6, 6.07) is 4.85. The quantitative estimate of drug-likeness (QED) is 0.831. The molecule has 1 nitrogen and oxygen atoms in total. The third kappa shape index (κ3) is 2.02. The first kappa shape index (κ1) is 9.40. The van der Waals surface area contributed by atoms with Crippen molar-refractivity contribution in [3.05, 3.63) is 33.1 Å². The summed E-state index contributed by atoms with van der Waals surface area (Å²) in [7, 11) is 0. The third-order valence-corrected chi connectivity index (χ3v) is 3.02. The fraction of sp³-hybridized carbons (Fsp3) is 0.400. The molecule has 1 saturated carbocycles. The highest BCUT2D eigenvalue weighted by Gasteiger charge is 2.32. The van der Waals surface area contributed by atoms with E-state index in [4.69, 9.17) is 0 Å². The fourth-order valence-corrected chi connectivity index (χ4v) is 1.92. The molecule has 3 heteroatoms. The minimum atomic E-state index is -0.602. The lowest BCUT2D eigenvalue weighted by Crippen LogP contribution is -2.02. The smallest absolute Gasteiger partial charge is 0.129 e. The largest absolute Gasteiger partial charge is 0.388 e. The van der Waals surface area contributed by atoms with Crippen LogP contribution in [0.4, 0.5) is 4.39 Å². The molecule has 1 unspecified atom stereocenters. The molecule has 0 spiro atoms. The first-order valence-electron chi connectivity index (χ1n) is 4.31. The molecule has 0 bridgehead atoms. The van der Waals surface area contributed by atoms with E-state index in [0.717, 1.165) is 16.4 Å². The van der Waals surface area contributed by atoms with Crippen LogP contribution in [-0.4, -0.2) is 5.11 Å². The summed E-state index contributed by atoms with van der Waals surface area (Å²) in [6.07, 6.45) is 1.44. The van der Waals surface area contributed by atoms with Crippen LogP contribution in [-0.2, 0) is 0 Å². The van der Waals surface area contributed by atoms with Gasteiger partial charge in [0.25, 0.3) is 0 Å². The lowest BCUT2D eigenvalue weighted by molar-refractivity contribution is 0.149. The summed E-state index contributed by atoms with van der Waals surface area (Å²) in [6.45, 7) is 0. The highest BCUT2D eigenvalue weighted by molar-refractivity contribution is 14.1. The Morgan fingerprint density at radius 2 is 2.15 bits per heavy atom. The van der Waals surface area contributed by atoms with Gasteiger partial charge in [-0.1, -0.05) is 0 Å². The Morgan fingerprint density at radius 3 is 2.77 bits per heavy atom. The number of rotatable bonds is 2. The number of hydrogen-bond donors (Lipinski definition) is 1. The number of benzene rings is 1. The van der Waals surface area contributed by atoms with Crippen molar-refractivity contribution in [2.24, 2.45) is 5.92 Å². The molecule has 0 amide bonds. The van der Waals surface area contributed by atoms with Gasteiger partial charge in [-0.2, -0.15) is 0 Å². The molecule has 0 heterocycles. The minimum absolute atomic E-state index is 0.285. The normalized spacial score (nSPS) is 18.7. The van der Waals surface area contributed by atoms with E-state index in [0.29, 0.717) is 5.56 Å². The number of hydrogen-bond acceptors (Lipinski definition) is 1. The predicted molar refractivity (Wildman–Crippen MR) is 56.8 cm³/mol. The molecule has 70 valence electrons. The average molecular weight is 292 g/mol. The summed E-state index contributed by atoms with van der Waals surface area (Å²) in [4.78, 5) is 0. The Morgan fingerprint density at radius 1 is 1.46 bits per heavy atom. The van der Waals surface area contributed by atoms with Crippen LogP contribution in [0.5, 0.6) is 0 Å². The Hall–Kier alpha value is -0.160. The standard InChI is InChI=1S/C10H10FIO/c11-9-4-3-7(12)5-8(9)10(13)6-1-2-6/h3-6,10,13H,1-2H2. The van der Waals surface area contributed by atoms with Crippen molar-refractivity contribution in [2.45, 2.75) is 18.9 Å². The maximum absolute atomic E-state index is 13.2. The predicted octanol–water partition coefficient (Wildman–Crippen LogP) is 2.87. The molecule has 1 aromatic carbocycles. The zero-order chi connectivity index (χ0) is 9.42. The molecule has 0 saturated heterocycles. The Labute approximate surface area is 90.1 Å². The van der Waals surface area contributed by atoms with Gasteiger partial charge in [0, 0.05) is 9.13 Å². The van der Waals surface area contributed by atoms with Crippen molar-refractivity contribution in [1.29, 1.82) is 0 Å². The van der Waals surface area contributed by atoms with E-state index in [9.17, 15) is 9.50 Å². The lowest BCUT2D eigenvalue weighted by atomic mass is 10.1. The highest BCUT2D eigenvalue weighted by atomic mass is 127. The monoisotopic (exact) mass is 292 g/mol. The molecule has 1 aliphatic carbocycles. The van der Waals surface area contributed by atoms with Crippen LogP contribution in [0.15, 0.2) is 18.2 Å². The summed E-state index contributed by atoms with van der Waals surface area (Å²) < 4.78 is 14.2. The van der Waals surface area contributed by atoms with Crippen LogP contribution in [0.3, 0.4) is 0 Å². The van der Waals surface area contributed by atoms with Crippen molar-refractivity contribution in [2.75, 3.05) is 0 Å². The van der Waals surface area contributed by atoms with E-state index >= 15 is 0 Å². The van der Waals surface area contributed by atoms with E-state index < -0.39 is 6.10 Å². The number of halogens is 2. The summed E-state index contributed by atoms with van der Waals surface area (Å²) >= 11 is 2.12. The van der Waals surface area contributed by atoms with Crippen LogP contribution in [0, 0.1) is 15.3 Å². The minimum Gasteiger partial charge on any atom is -0.388 e. The second-order valence-electron chi connectivity index (χ2n) is 3.45. The SMILES string of the molecule is OC(c1cc(I)ccc1F)C1CC1. The summed E-state index contributed by atoms with van der Waals surface area (Å²) in [5.74, 6) is -0.00693. The maximum Gasteiger partial charge on any atom is 0.129 e. The zero-order valence-corrected chi connectivity index (χ0v) is 9.16. The highest BCUT2D eigenvalue weighted by Crippen LogP contribution is 2.41. The van der Waals surface area contributed by atoms with Gasteiger partial charge < -0.3 is 5.11 Å². The molecule has 1 N–H and O–H groups in total. The second-order valence-corrected chi connectivity index (χ2v) is 4.69. The van der Waals surface area contributed by atoms with Crippen LogP contribution >= 0.6 is 22.6 Å². The molecule has 1 aromatic rings. The second kappa shape index (κ2) is 3.53. The lowest BCUT2D eigenvalue weighted by Gasteiger charge is -2.10. The first-order chi connectivity index (χ1) is 6.18. The molecule has 13 heavy (non-hydrogen) atoms. The van der Waals surface area contributed by atoms with E-state index in [1.165, 1.54) is 6.07 Å². The molecular formula is C10H10FIO. The molecule has 1 atom stereocenters. The topological polar surface area (TPSA) is 20.2 Å². The molecule has 2 rings (SSSR count). The molecule has 1 fully saturated rings. The van der Waals surface area contributed by atoms with Crippen LogP contribution in [0.1, 0.15) is 24.5 Å². The van der Waals surface area contributed by atoms with E-state index in [1.807, 2.05) is 0 Å². The molecule has 0 radical (unpaired) electrons. The summed E-state index contributed by atoms with van der Waals surface area (Å²) in [5.41, 5.74) is 0.453. The van der Waals surface area contributed by atoms with Gasteiger partial charge in [0.05, 0.1) is 6.10 Å². The van der Waals surface area contributed by atoms with Crippen LogP contribution in [0.25, 0.3) is 0 Å². The van der Waals surface area contributed by atoms with Crippen molar-refractivity contribution in [3.8, 4) is 0 Å². The van der Waals surface area contributed by atoms with Crippen LogP contribution in [0.2, 0.25) is 0 Å². The van der Waals surface area contributed by atoms with E-state index in [2.05, 4.69) is 22.6 Å². The Balaban J connectivity index is 2.31. The van der Waals surface area contributed by atoms with Crippen molar-refractivity contribution >= 4 is 22.6 Å². The van der Waals surface area contributed by atoms with Gasteiger partial charge in [-0.25, -0.2) is 4.39 Å². The van der Waals surface area contributed by atoms with Gasteiger partial charge in [-0.05, 0) is 59.5 Å². The molecule has 0 aromatic heterocycles. The Bertz CT molecular complexity index is 323. The van der Waals surface area contributed by atoms with E-state index in [1.54, 1.807) is 12.1 Å². The molecule has 0 aliphatic heterocycles. The van der Waals surface area contributed by atoms with Gasteiger partial charge in [0.15, 0.2) is 0 Å². The zero-order valence-electron chi connectivity index (χ0n) is 7.00. The molecule has 1 aliphatic rings. The van der Waals surface area contributed by atoms with Gasteiger partial charge >= 0.3 is 0 Å². The number of aliphatic hydroxyl groups is 1. The fourth-order valence-electron chi connectivity index (χ4n) is 1.41. The third-order valence-electron chi connectivity index (χ3n) is 2.35. The van der Waals surface area contributed by atoms with Gasteiger partial charge in [-0.3, -0.25) is 0 Å². The van der Waals surface area contributed by atoms with Crippen molar-refractivity contribution in [3.63, 3.8) is 0 Å². The summed E-state index contributed by atoms with van der Waals surface area (Å²) in [5, 5.41) is 9.72. The van der Waals surface area contributed by atoms with Crippen molar-refractivity contribution in [1.82, 2.24) is 0 Å². The Kier molecular flexibility index (Phi) is 2.55. The van der Waals surface area contributed by atoms with E-state index in [-0.39, 0.29) is 11.7 Å². The molecular weight excluding hydrogens is 282 g/mol. The van der Waals surface area contributed by atoms with Crippen molar-refractivity contribution < 1.29 is 9.50 Å². The number of aliphatic hydroxyl groups excluding tert-OH is 1. The van der Waals surface area contributed by atoms with Crippen LogP contribution < -0.4 is 0 Å². The van der Waals surface area contributed by atoms with Gasteiger partial charge in [0.2, 0.25) is 0 Å². The van der Waals surface area contributed by atoms with Gasteiger partial charge in [-0.15, -0.1) is 0 Å². The van der Waals surface area contributed by atoms with Gasteiger partial charge in [0.1, 0.15) is 5.82 Å². The maximum atomic E-state index is 13.2. The first-order valence-corrected chi connectivity index (χ1v) is 5.39.